The third-order valence-corrected chi connectivity index (χ3v) is 2.32. The Morgan fingerprint density at radius 1 is 1.47 bits per heavy atom. The zero-order valence-electron chi connectivity index (χ0n) is 9.01. The van der Waals surface area contributed by atoms with E-state index in [1.54, 1.807) is 6.92 Å². The lowest BCUT2D eigenvalue weighted by molar-refractivity contribution is -0.138. The van der Waals surface area contributed by atoms with Crippen LogP contribution in [0.5, 0.6) is 5.75 Å². The van der Waals surface area contributed by atoms with E-state index in [0.717, 1.165) is 6.07 Å². The van der Waals surface area contributed by atoms with Gasteiger partial charge in [-0.15, -0.1) is 0 Å². The summed E-state index contributed by atoms with van der Waals surface area (Å²) >= 11 is 5.39. The molecule has 0 aliphatic heterocycles. The first-order valence-corrected chi connectivity index (χ1v) is 5.13. The average molecular weight is 266 g/mol. The lowest BCUT2D eigenvalue weighted by atomic mass is 10.1. The van der Waals surface area contributed by atoms with Gasteiger partial charge in [0, 0.05) is 11.2 Å². The van der Waals surface area contributed by atoms with Crippen LogP contribution in [0.2, 0.25) is 0 Å². The van der Waals surface area contributed by atoms with Gasteiger partial charge in [0.05, 0.1) is 5.56 Å². The van der Waals surface area contributed by atoms with Crippen LogP contribution < -0.4 is 10.5 Å². The second-order valence-corrected chi connectivity index (χ2v) is 3.72. The number of hydrogen-bond acceptors (Lipinski definition) is 2. The summed E-state index contributed by atoms with van der Waals surface area (Å²) in [6, 6.07) is 3.39. The fraction of sp³-hybridized carbons (Fsp3) is 0.273. The van der Waals surface area contributed by atoms with Crippen LogP contribution in [0.4, 0.5) is 18.9 Å². The zero-order chi connectivity index (χ0) is 13.1. The number of alkyl halides is 3. The molecule has 0 aromatic heterocycles. The maximum Gasteiger partial charge on any atom is 0.420 e. The van der Waals surface area contributed by atoms with Gasteiger partial charge in [0.1, 0.15) is 12.4 Å². The van der Waals surface area contributed by atoms with Crippen molar-refractivity contribution >= 4 is 17.3 Å². The molecule has 94 valence electrons. The van der Waals surface area contributed by atoms with Crippen molar-refractivity contribution in [2.24, 2.45) is 0 Å². The van der Waals surface area contributed by atoms with E-state index in [4.69, 9.17) is 22.1 Å². The van der Waals surface area contributed by atoms with Gasteiger partial charge in [-0.25, -0.2) is 0 Å². The summed E-state index contributed by atoms with van der Waals surface area (Å²) in [4.78, 5) is 0. The summed E-state index contributed by atoms with van der Waals surface area (Å²) < 4.78 is 43.0. The van der Waals surface area contributed by atoms with Crippen molar-refractivity contribution in [1.29, 1.82) is 0 Å². The standard InChI is InChI=1S/C11H11ClF3NO/c1-7(5-12)6-17-10-3-2-8(16)4-9(10)11(13,14)15/h2-5H,6,16H2,1H3/b7-5-. The number of nitrogens with two attached hydrogens (primary N) is 1. The molecule has 0 heterocycles. The Bertz CT molecular complexity index is 429. The van der Waals surface area contributed by atoms with Gasteiger partial charge in [-0.3, -0.25) is 0 Å². The van der Waals surface area contributed by atoms with Crippen molar-refractivity contribution in [3.8, 4) is 5.75 Å². The molecule has 1 aromatic carbocycles. The topological polar surface area (TPSA) is 35.2 Å². The van der Waals surface area contributed by atoms with Crippen LogP contribution in [-0.2, 0) is 6.18 Å². The summed E-state index contributed by atoms with van der Waals surface area (Å²) in [5.74, 6) is -0.260. The van der Waals surface area contributed by atoms with E-state index in [1.165, 1.54) is 17.7 Å². The Morgan fingerprint density at radius 3 is 2.65 bits per heavy atom. The molecule has 17 heavy (non-hydrogen) atoms. The second-order valence-electron chi connectivity index (χ2n) is 3.50. The number of rotatable bonds is 3. The molecule has 0 bridgehead atoms. The molecule has 0 saturated carbocycles. The first-order chi connectivity index (χ1) is 7.84. The summed E-state index contributed by atoms with van der Waals surface area (Å²) in [6.45, 7) is 1.65. The monoisotopic (exact) mass is 265 g/mol. The first kappa shape index (κ1) is 13.7. The van der Waals surface area contributed by atoms with Gasteiger partial charge < -0.3 is 10.5 Å². The Morgan fingerprint density at radius 2 is 2.12 bits per heavy atom. The Hall–Kier alpha value is -1.36. The zero-order valence-corrected chi connectivity index (χ0v) is 9.77. The van der Waals surface area contributed by atoms with Crippen LogP contribution in [0.15, 0.2) is 29.3 Å². The lowest BCUT2D eigenvalue weighted by Gasteiger charge is -2.14. The minimum absolute atomic E-state index is 0.00347. The molecule has 0 atom stereocenters. The Balaban J connectivity index is 2.99. The van der Waals surface area contributed by atoms with Crippen molar-refractivity contribution in [3.63, 3.8) is 0 Å². The van der Waals surface area contributed by atoms with Crippen LogP contribution in [0, 0.1) is 0 Å². The van der Waals surface area contributed by atoms with E-state index >= 15 is 0 Å². The normalized spacial score (nSPS) is 12.6. The molecular weight excluding hydrogens is 255 g/mol. The molecule has 0 aliphatic rings. The summed E-state index contributed by atoms with van der Waals surface area (Å²) in [6.07, 6.45) is -4.50. The highest BCUT2D eigenvalue weighted by atomic mass is 35.5. The molecule has 0 unspecified atom stereocenters. The Labute approximate surface area is 102 Å². The lowest BCUT2D eigenvalue weighted by Crippen LogP contribution is -2.10. The number of nitrogen functional groups attached to an aromatic ring is 1. The van der Waals surface area contributed by atoms with Gasteiger partial charge in [-0.05, 0) is 30.7 Å². The molecule has 6 heteroatoms. The fourth-order valence-corrected chi connectivity index (χ4v) is 1.18. The third-order valence-electron chi connectivity index (χ3n) is 1.95. The maximum atomic E-state index is 12.7. The van der Waals surface area contributed by atoms with Crippen molar-refractivity contribution in [2.45, 2.75) is 13.1 Å². The molecule has 0 saturated heterocycles. The SMILES string of the molecule is C/C(=C/Cl)COc1ccc(N)cc1C(F)(F)F. The highest BCUT2D eigenvalue weighted by Crippen LogP contribution is 2.37. The molecule has 2 N–H and O–H groups in total. The van der Waals surface area contributed by atoms with Crippen LogP contribution in [0.25, 0.3) is 0 Å². The number of anilines is 1. The quantitative estimate of drug-likeness (QED) is 0.844. The molecule has 0 aliphatic carbocycles. The first-order valence-electron chi connectivity index (χ1n) is 4.70. The number of benzene rings is 1. The predicted octanol–water partition coefficient (Wildman–Crippen LogP) is 3.81. The predicted molar refractivity (Wildman–Crippen MR) is 61.0 cm³/mol. The van der Waals surface area contributed by atoms with Crippen molar-refractivity contribution < 1.29 is 17.9 Å². The van der Waals surface area contributed by atoms with Crippen LogP contribution >= 0.6 is 11.6 Å². The van der Waals surface area contributed by atoms with Crippen LogP contribution in [0.3, 0.4) is 0 Å². The smallest absolute Gasteiger partial charge is 0.420 e. The third kappa shape index (κ3) is 3.85. The van der Waals surface area contributed by atoms with Gasteiger partial charge >= 0.3 is 6.18 Å². The number of hydrogen-bond donors (Lipinski definition) is 1. The Kier molecular flexibility index (Phi) is 4.28. The van der Waals surface area contributed by atoms with Gasteiger partial charge in [0.15, 0.2) is 0 Å². The van der Waals surface area contributed by atoms with Crippen LogP contribution in [-0.4, -0.2) is 6.61 Å². The molecule has 0 spiro atoms. The van der Waals surface area contributed by atoms with Gasteiger partial charge in [0.25, 0.3) is 0 Å². The second kappa shape index (κ2) is 5.31. The minimum atomic E-state index is -4.50. The van der Waals surface area contributed by atoms with E-state index in [1.807, 2.05) is 0 Å². The minimum Gasteiger partial charge on any atom is -0.489 e. The summed E-state index contributed by atoms with van der Waals surface area (Å²) in [5, 5.41) is 0. The fourth-order valence-electron chi connectivity index (χ4n) is 1.12. The number of ether oxygens (including phenoxy) is 1. The van der Waals surface area contributed by atoms with E-state index in [0.29, 0.717) is 5.57 Å². The maximum absolute atomic E-state index is 12.7. The van der Waals surface area contributed by atoms with E-state index in [2.05, 4.69) is 0 Å². The molecule has 0 radical (unpaired) electrons. The highest BCUT2D eigenvalue weighted by Gasteiger charge is 2.34. The van der Waals surface area contributed by atoms with E-state index in [-0.39, 0.29) is 18.0 Å². The van der Waals surface area contributed by atoms with Crippen molar-refractivity contribution in [2.75, 3.05) is 12.3 Å². The molecule has 2 nitrogen and oxygen atoms in total. The van der Waals surface area contributed by atoms with Crippen LogP contribution in [0.1, 0.15) is 12.5 Å². The molecular formula is C11H11ClF3NO. The molecule has 1 rings (SSSR count). The van der Waals surface area contributed by atoms with Crippen molar-refractivity contribution in [1.82, 2.24) is 0 Å². The van der Waals surface area contributed by atoms with Gasteiger partial charge in [0.2, 0.25) is 0 Å². The highest BCUT2D eigenvalue weighted by molar-refractivity contribution is 6.25. The largest absolute Gasteiger partial charge is 0.489 e. The van der Waals surface area contributed by atoms with Gasteiger partial charge in [-0.1, -0.05) is 11.6 Å². The van der Waals surface area contributed by atoms with E-state index < -0.39 is 11.7 Å². The van der Waals surface area contributed by atoms with Crippen molar-refractivity contribution in [3.05, 3.63) is 34.9 Å². The molecule has 1 aromatic rings. The molecule has 0 fully saturated rings. The molecule has 0 amide bonds. The average Bonchev–Trinajstić information content (AvgIpc) is 2.25. The number of halogens is 4. The van der Waals surface area contributed by atoms with Gasteiger partial charge in [-0.2, -0.15) is 13.2 Å². The summed E-state index contributed by atoms with van der Waals surface area (Å²) in [5.41, 5.74) is 6.34. The summed E-state index contributed by atoms with van der Waals surface area (Å²) in [7, 11) is 0. The van der Waals surface area contributed by atoms with E-state index in [9.17, 15) is 13.2 Å².